The largest absolute Gasteiger partial charge is 0.478 e. The number of nitrogens with zero attached hydrogens (tertiary/aromatic N) is 3. The molecule has 1 fully saturated rings. The predicted molar refractivity (Wildman–Crippen MR) is 67.9 cm³/mol. The summed E-state index contributed by atoms with van der Waals surface area (Å²) in [5, 5.41) is 12.0. The Hall–Kier alpha value is -1.69. The highest BCUT2D eigenvalue weighted by Crippen LogP contribution is 2.24. The van der Waals surface area contributed by atoms with Crippen LogP contribution in [0.3, 0.4) is 0 Å². The van der Waals surface area contributed by atoms with Gasteiger partial charge in [-0.25, -0.2) is 14.8 Å². The molecule has 1 aromatic rings. The van der Waals surface area contributed by atoms with Gasteiger partial charge in [-0.2, -0.15) is 0 Å². The molecule has 1 saturated carbocycles. The fraction of sp³-hybridized carbons (Fsp3) is 0.583. The van der Waals surface area contributed by atoms with Gasteiger partial charge in [0.05, 0.1) is 11.3 Å². The first-order valence-electron chi connectivity index (χ1n) is 6.09. The van der Waals surface area contributed by atoms with Gasteiger partial charge in [-0.1, -0.05) is 0 Å². The van der Waals surface area contributed by atoms with Crippen molar-refractivity contribution in [1.82, 2.24) is 14.9 Å². The van der Waals surface area contributed by atoms with Gasteiger partial charge in [-0.05, 0) is 26.8 Å². The number of hydrogen-bond acceptors (Lipinski definition) is 5. The molecule has 0 atom stereocenters. The number of likely N-dealkylation sites (N-methyl/N-ethyl adjacent to an activating group) is 1. The number of aryl methyl sites for hydroxylation is 1. The Balaban J connectivity index is 1.85. The molecule has 2 rings (SSSR count). The first-order valence-corrected chi connectivity index (χ1v) is 6.09. The third-order valence-electron chi connectivity index (χ3n) is 3.13. The third-order valence-corrected chi connectivity index (χ3v) is 3.13. The molecule has 0 bridgehead atoms. The molecule has 0 unspecified atom stereocenters. The quantitative estimate of drug-likeness (QED) is 0.784. The highest BCUT2D eigenvalue weighted by atomic mass is 16.4. The van der Waals surface area contributed by atoms with Gasteiger partial charge < -0.3 is 15.3 Å². The maximum atomic E-state index is 10.8. The summed E-state index contributed by atoms with van der Waals surface area (Å²) in [5.74, 6) is -0.505. The van der Waals surface area contributed by atoms with Crippen LogP contribution in [0, 0.1) is 6.92 Å². The van der Waals surface area contributed by atoms with Crippen LogP contribution in [0.1, 0.15) is 28.9 Å². The van der Waals surface area contributed by atoms with E-state index in [1.165, 1.54) is 19.0 Å². The molecule has 0 aliphatic heterocycles. The van der Waals surface area contributed by atoms with Crippen LogP contribution in [0.2, 0.25) is 0 Å². The Morgan fingerprint density at radius 3 is 2.89 bits per heavy atom. The van der Waals surface area contributed by atoms with Crippen molar-refractivity contribution in [2.45, 2.75) is 25.8 Å². The van der Waals surface area contributed by atoms with E-state index in [9.17, 15) is 4.79 Å². The minimum atomic E-state index is -0.993. The van der Waals surface area contributed by atoms with Crippen LogP contribution in [0.25, 0.3) is 0 Å². The van der Waals surface area contributed by atoms with Gasteiger partial charge in [0.2, 0.25) is 5.95 Å². The Kier molecular flexibility index (Phi) is 3.76. The van der Waals surface area contributed by atoms with Crippen LogP contribution in [0.15, 0.2) is 6.20 Å². The summed E-state index contributed by atoms with van der Waals surface area (Å²) >= 11 is 0. The molecule has 6 nitrogen and oxygen atoms in total. The first-order chi connectivity index (χ1) is 8.58. The highest BCUT2D eigenvalue weighted by molar-refractivity contribution is 5.88. The average Bonchev–Trinajstić information content (AvgIpc) is 3.12. The fourth-order valence-electron chi connectivity index (χ4n) is 1.80. The van der Waals surface area contributed by atoms with Gasteiger partial charge in [0.1, 0.15) is 0 Å². The van der Waals surface area contributed by atoms with Crippen LogP contribution in [0.5, 0.6) is 0 Å². The molecule has 1 aliphatic carbocycles. The number of aromatic nitrogens is 2. The summed E-state index contributed by atoms with van der Waals surface area (Å²) < 4.78 is 0. The second-order valence-corrected chi connectivity index (χ2v) is 4.64. The Labute approximate surface area is 106 Å². The van der Waals surface area contributed by atoms with Crippen molar-refractivity contribution in [3.63, 3.8) is 0 Å². The topological polar surface area (TPSA) is 78.4 Å². The zero-order valence-corrected chi connectivity index (χ0v) is 10.7. The lowest BCUT2D eigenvalue weighted by molar-refractivity contribution is 0.0695. The lowest BCUT2D eigenvalue weighted by Gasteiger charge is -2.15. The van der Waals surface area contributed by atoms with Crippen LogP contribution >= 0.6 is 0 Å². The molecule has 18 heavy (non-hydrogen) atoms. The van der Waals surface area contributed by atoms with Crippen molar-refractivity contribution in [2.75, 3.05) is 25.5 Å². The molecule has 6 heteroatoms. The smallest absolute Gasteiger partial charge is 0.339 e. The summed E-state index contributed by atoms with van der Waals surface area (Å²) in [7, 11) is 2.11. The Morgan fingerprint density at radius 2 is 2.33 bits per heavy atom. The summed E-state index contributed by atoms with van der Waals surface area (Å²) in [6.07, 6.45) is 3.93. The number of rotatable bonds is 6. The SMILES string of the molecule is Cc1nc(NCCN(C)C2CC2)ncc1C(=O)O. The van der Waals surface area contributed by atoms with Crippen molar-refractivity contribution in [3.05, 3.63) is 17.5 Å². The Bertz CT molecular complexity index is 446. The number of hydrogen-bond donors (Lipinski definition) is 2. The number of carbonyl (C=O) groups is 1. The molecular formula is C12H18N4O2. The summed E-state index contributed by atoms with van der Waals surface area (Å²) in [6, 6.07) is 0.740. The summed E-state index contributed by atoms with van der Waals surface area (Å²) in [5.41, 5.74) is 0.631. The molecule has 2 N–H and O–H groups in total. The fourth-order valence-corrected chi connectivity index (χ4v) is 1.80. The zero-order valence-electron chi connectivity index (χ0n) is 10.7. The summed E-state index contributed by atoms with van der Waals surface area (Å²) in [4.78, 5) is 21.2. The normalized spacial score (nSPS) is 14.8. The van der Waals surface area contributed by atoms with Crippen molar-refractivity contribution in [1.29, 1.82) is 0 Å². The van der Waals surface area contributed by atoms with Gasteiger partial charge in [0.15, 0.2) is 0 Å². The number of carboxylic acid groups (broad SMARTS) is 1. The standard InChI is InChI=1S/C12H18N4O2/c1-8-10(11(17)18)7-14-12(15-8)13-5-6-16(2)9-3-4-9/h7,9H,3-6H2,1-2H3,(H,17,18)(H,13,14,15). The van der Waals surface area contributed by atoms with Crippen LogP contribution in [0.4, 0.5) is 5.95 Å². The molecule has 0 amide bonds. The van der Waals surface area contributed by atoms with Crippen LogP contribution in [-0.2, 0) is 0 Å². The molecule has 0 radical (unpaired) electrons. The monoisotopic (exact) mass is 250 g/mol. The van der Waals surface area contributed by atoms with E-state index >= 15 is 0 Å². The Morgan fingerprint density at radius 1 is 1.61 bits per heavy atom. The molecule has 98 valence electrons. The van der Waals surface area contributed by atoms with Crippen molar-refractivity contribution < 1.29 is 9.90 Å². The second-order valence-electron chi connectivity index (χ2n) is 4.64. The van der Waals surface area contributed by atoms with E-state index in [0.29, 0.717) is 11.6 Å². The van der Waals surface area contributed by atoms with E-state index in [2.05, 4.69) is 27.2 Å². The van der Waals surface area contributed by atoms with E-state index in [1.54, 1.807) is 6.92 Å². The van der Waals surface area contributed by atoms with Gasteiger partial charge in [-0.15, -0.1) is 0 Å². The van der Waals surface area contributed by atoms with Crippen molar-refractivity contribution >= 4 is 11.9 Å². The van der Waals surface area contributed by atoms with E-state index in [1.807, 2.05) is 0 Å². The number of anilines is 1. The van der Waals surface area contributed by atoms with Crippen molar-refractivity contribution in [2.24, 2.45) is 0 Å². The lowest BCUT2D eigenvalue weighted by Crippen LogP contribution is -2.27. The minimum absolute atomic E-state index is 0.149. The van der Waals surface area contributed by atoms with Gasteiger partial charge >= 0.3 is 5.97 Å². The van der Waals surface area contributed by atoms with E-state index in [-0.39, 0.29) is 5.56 Å². The number of aromatic carboxylic acids is 1. The number of carboxylic acids is 1. The molecule has 1 heterocycles. The molecule has 0 saturated heterocycles. The van der Waals surface area contributed by atoms with Gasteiger partial charge in [0.25, 0.3) is 0 Å². The highest BCUT2D eigenvalue weighted by Gasteiger charge is 2.25. The van der Waals surface area contributed by atoms with Gasteiger partial charge in [0, 0.05) is 25.3 Å². The molecule has 1 aliphatic rings. The van der Waals surface area contributed by atoms with Crippen molar-refractivity contribution in [3.8, 4) is 0 Å². The molecule has 0 spiro atoms. The van der Waals surface area contributed by atoms with Crippen LogP contribution < -0.4 is 5.32 Å². The number of nitrogens with one attached hydrogen (secondary N) is 1. The third kappa shape index (κ3) is 3.16. The average molecular weight is 250 g/mol. The maximum absolute atomic E-state index is 10.8. The van der Waals surface area contributed by atoms with E-state index in [4.69, 9.17) is 5.11 Å². The van der Waals surface area contributed by atoms with Gasteiger partial charge in [-0.3, -0.25) is 0 Å². The van der Waals surface area contributed by atoms with Crippen LogP contribution in [-0.4, -0.2) is 52.1 Å². The van der Waals surface area contributed by atoms with E-state index < -0.39 is 5.97 Å². The molecule has 0 aromatic carbocycles. The minimum Gasteiger partial charge on any atom is -0.478 e. The lowest BCUT2D eigenvalue weighted by atomic mass is 10.2. The molecule has 1 aromatic heterocycles. The predicted octanol–water partition coefficient (Wildman–Crippen LogP) is 0.989. The first kappa shape index (κ1) is 12.8. The maximum Gasteiger partial charge on any atom is 0.339 e. The molecular weight excluding hydrogens is 232 g/mol. The second kappa shape index (κ2) is 5.30. The summed E-state index contributed by atoms with van der Waals surface area (Å²) in [6.45, 7) is 3.37. The zero-order chi connectivity index (χ0) is 13.1. The van der Waals surface area contributed by atoms with E-state index in [0.717, 1.165) is 19.1 Å².